The van der Waals surface area contributed by atoms with Crippen molar-refractivity contribution in [2.45, 2.75) is 26.6 Å². The van der Waals surface area contributed by atoms with Crippen molar-refractivity contribution in [3.63, 3.8) is 0 Å². The Morgan fingerprint density at radius 3 is 2.47 bits per heavy atom. The van der Waals surface area contributed by atoms with Crippen LogP contribution in [0.25, 0.3) is 5.69 Å². The molecule has 102 valence electrons. The maximum absolute atomic E-state index is 12.7. The zero-order chi connectivity index (χ0) is 14.2. The molecule has 6 heteroatoms. The molecule has 0 radical (unpaired) electrons. The molecule has 0 bridgehead atoms. The number of benzene rings is 1. The van der Waals surface area contributed by atoms with Gasteiger partial charge in [0.05, 0.1) is 11.3 Å². The zero-order valence-corrected chi connectivity index (χ0v) is 10.5. The molecule has 0 saturated heterocycles. The summed E-state index contributed by atoms with van der Waals surface area (Å²) < 4.78 is 41.0. The molecular weight excluding hydrogens is 257 g/mol. The van der Waals surface area contributed by atoms with Crippen molar-refractivity contribution in [2.24, 2.45) is 0 Å². The summed E-state index contributed by atoms with van der Waals surface area (Å²) in [5.74, 6) is 0. The van der Waals surface area contributed by atoms with E-state index < -0.39 is 11.7 Å². The van der Waals surface area contributed by atoms with Gasteiger partial charge in [0.15, 0.2) is 0 Å². The Balaban J connectivity index is 2.63. The Morgan fingerprint density at radius 1 is 1.21 bits per heavy atom. The summed E-state index contributed by atoms with van der Waals surface area (Å²) in [7, 11) is 0. The van der Waals surface area contributed by atoms with Crippen LogP contribution in [0.3, 0.4) is 0 Å². The third kappa shape index (κ3) is 2.43. The lowest BCUT2D eigenvalue weighted by Crippen LogP contribution is -2.21. The molecule has 1 aromatic heterocycles. The van der Waals surface area contributed by atoms with Crippen LogP contribution in [0.1, 0.15) is 18.2 Å². The van der Waals surface area contributed by atoms with E-state index in [1.165, 1.54) is 21.5 Å². The second-order valence-electron chi connectivity index (χ2n) is 4.20. The fourth-order valence-electron chi connectivity index (χ4n) is 2.06. The van der Waals surface area contributed by atoms with Gasteiger partial charge >= 0.3 is 6.18 Å². The summed E-state index contributed by atoms with van der Waals surface area (Å²) in [6, 6.07) is 6.34. The summed E-state index contributed by atoms with van der Waals surface area (Å²) in [4.78, 5) is 11.7. The van der Waals surface area contributed by atoms with Crippen molar-refractivity contribution in [2.75, 3.05) is 0 Å². The van der Waals surface area contributed by atoms with Gasteiger partial charge in [0.1, 0.15) is 0 Å². The zero-order valence-electron chi connectivity index (χ0n) is 10.5. The van der Waals surface area contributed by atoms with Gasteiger partial charge in [-0.05, 0) is 32.0 Å². The first kappa shape index (κ1) is 13.5. The van der Waals surface area contributed by atoms with Gasteiger partial charge in [-0.2, -0.15) is 13.2 Å². The Morgan fingerprint density at radius 2 is 1.89 bits per heavy atom. The number of aryl methyl sites for hydroxylation is 1. The van der Waals surface area contributed by atoms with E-state index in [-0.39, 0.29) is 5.56 Å². The monoisotopic (exact) mass is 270 g/mol. The van der Waals surface area contributed by atoms with Gasteiger partial charge in [-0.3, -0.25) is 9.48 Å². The molecule has 0 aliphatic carbocycles. The van der Waals surface area contributed by atoms with Crippen molar-refractivity contribution in [1.82, 2.24) is 9.36 Å². The van der Waals surface area contributed by atoms with Crippen LogP contribution in [-0.4, -0.2) is 9.36 Å². The molecular formula is C13H13F3N2O. The summed E-state index contributed by atoms with van der Waals surface area (Å²) >= 11 is 0. The van der Waals surface area contributed by atoms with E-state index >= 15 is 0 Å². The number of aromatic nitrogens is 2. The average molecular weight is 270 g/mol. The van der Waals surface area contributed by atoms with Crippen molar-refractivity contribution in [1.29, 1.82) is 0 Å². The Kier molecular flexibility index (Phi) is 3.26. The highest BCUT2D eigenvalue weighted by molar-refractivity contribution is 5.37. The fourth-order valence-corrected chi connectivity index (χ4v) is 2.06. The molecule has 3 nitrogen and oxygen atoms in total. The molecule has 0 atom stereocenters. The number of hydrogen-bond donors (Lipinski definition) is 0. The predicted octanol–water partition coefficient (Wildman–Crippen LogP) is 2.99. The van der Waals surface area contributed by atoms with Crippen LogP contribution < -0.4 is 5.56 Å². The molecule has 19 heavy (non-hydrogen) atoms. The molecule has 0 aliphatic rings. The van der Waals surface area contributed by atoms with E-state index in [0.29, 0.717) is 17.9 Å². The lowest BCUT2D eigenvalue weighted by atomic mass is 10.2. The van der Waals surface area contributed by atoms with Crippen molar-refractivity contribution in [3.8, 4) is 5.69 Å². The van der Waals surface area contributed by atoms with Gasteiger partial charge in [-0.25, -0.2) is 4.68 Å². The maximum atomic E-state index is 12.7. The highest BCUT2D eigenvalue weighted by Crippen LogP contribution is 2.30. The van der Waals surface area contributed by atoms with E-state index in [1.54, 1.807) is 19.9 Å². The molecule has 1 aromatic carbocycles. The average Bonchev–Trinajstić information content (AvgIpc) is 2.62. The van der Waals surface area contributed by atoms with Crippen LogP contribution >= 0.6 is 0 Å². The lowest BCUT2D eigenvalue weighted by Gasteiger charge is -2.14. The van der Waals surface area contributed by atoms with Crippen LogP contribution in [0.2, 0.25) is 0 Å². The van der Waals surface area contributed by atoms with Crippen LogP contribution in [0, 0.1) is 6.92 Å². The third-order valence-electron chi connectivity index (χ3n) is 2.88. The Labute approximate surface area is 107 Å². The summed E-state index contributed by atoms with van der Waals surface area (Å²) in [6.45, 7) is 3.85. The first-order valence-electron chi connectivity index (χ1n) is 5.81. The second-order valence-corrected chi connectivity index (χ2v) is 4.20. The highest BCUT2D eigenvalue weighted by Gasteiger charge is 2.30. The minimum absolute atomic E-state index is 0.225. The largest absolute Gasteiger partial charge is 0.416 e. The first-order valence-corrected chi connectivity index (χ1v) is 5.81. The number of nitrogens with zero attached hydrogens (tertiary/aromatic N) is 2. The van der Waals surface area contributed by atoms with E-state index in [0.717, 1.165) is 12.1 Å². The van der Waals surface area contributed by atoms with E-state index in [2.05, 4.69) is 0 Å². The molecule has 1 heterocycles. The molecule has 2 rings (SSSR count). The molecule has 2 aromatic rings. The summed E-state index contributed by atoms with van der Waals surface area (Å²) in [6.07, 6.45) is -4.39. The van der Waals surface area contributed by atoms with Crippen LogP contribution in [0.5, 0.6) is 0 Å². The minimum atomic E-state index is -4.39. The lowest BCUT2D eigenvalue weighted by molar-refractivity contribution is -0.137. The number of halogens is 3. The predicted molar refractivity (Wildman–Crippen MR) is 65.4 cm³/mol. The van der Waals surface area contributed by atoms with Gasteiger partial charge in [0, 0.05) is 18.3 Å². The van der Waals surface area contributed by atoms with Gasteiger partial charge in [-0.15, -0.1) is 0 Å². The summed E-state index contributed by atoms with van der Waals surface area (Å²) in [5, 5.41) is 0. The number of hydrogen-bond acceptors (Lipinski definition) is 1. The second kappa shape index (κ2) is 4.60. The summed E-state index contributed by atoms with van der Waals surface area (Å²) in [5.41, 5.74) is -0.0203. The van der Waals surface area contributed by atoms with E-state index in [1.807, 2.05) is 0 Å². The third-order valence-corrected chi connectivity index (χ3v) is 2.88. The van der Waals surface area contributed by atoms with Gasteiger partial charge < -0.3 is 0 Å². The van der Waals surface area contributed by atoms with Crippen LogP contribution in [-0.2, 0) is 12.7 Å². The molecule has 0 unspecified atom stereocenters. The van der Waals surface area contributed by atoms with Gasteiger partial charge in [-0.1, -0.05) is 6.07 Å². The van der Waals surface area contributed by atoms with Gasteiger partial charge in [0.2, 0.25) is 0 Å². The molecule has 0 saturated carbocycles. The molecule has 0 fully saturated rings. The number of rotatable bonds is 2. The topological polar surface area (TPSA) is 26.9 Å². The van der Waals surface area contributed by atoms with Crippen LogP contribution in [0.15, 0.2) is 35.1 Å². The van der Waals surface area contributed by atoms with Gasteiger partial charge in [0.25, 0.3) is 5.56 Å². The van der Waals surface area contributed by atoms with Crippen molar-refractivity contribution in [3.05, 3.63) is 51.9 Å². The van der Waals surface area contributed by atoms with Crippen molar-refractivity contribution < 1.29 is 13.2 Å². The minimum Gasteiger partial charge on any atom is -0.268 e. The SMILES string of the molecule is CCn1c(=O)cc(C)n1-c1cccc(C(F)(F)F)c1. The quantitative estimate of drug-likeness (QED) is 0.824. The van der Waals surface area contributed by atoms with Crippen LogP contribution in [0.4, 0.5) is 13.2 Å². The standard InChI is InChI=1S/C13H13F3N2O/c1-3-17-12(19)7-9(2)18(17)11-6-4-5-10(8-11)13(14,15)16/h4-8H,3H2,1-2H3. The Hall–Kier alpha value is -1.98. The Bertz CT molecular complexity index is 653. The first-order chi connectivity index (χ1) is 8.84. The molecule has 0 amide bonds. The molecule has 0 N–H and O–H groups in total. The molecule has 0 aliphatic heterocycles. The maximum Gasteiger partial charge on any atom is 0.416 e. The van der Waals surface area contributed by atoms with Crippen molar-refractivity contribution >= 4 is 0 Å². The van der Waals surface area contributed by atoms with E-state index in [9.17, 15) is 18.0 Å². The normalized spacial score (nSPS) is 11.8. The highest BCUT2D eigenvalue weighted by atomic mass is 19.4. The smallest absolute Gasteiger partial charge is 0.268 e. The number of alkyl halides is 3. The van der Waals surface area contributed by atoms with E-state index in [4.69, 9.17) is 0 Å². The molecule has 0 spiro atoms. The fraction of sp³-hybridized carbons (Fsp3) is 0.308.